The molecule has 0 saturated carbocycles. The number of rotatable bonds is 5. The normalized spacial score (nSPS) is 15.8. The third-order valence-electron chi connectivity index (χ3n) is 1.58. The number of carboxylic acids is 1. The Morgan fingerprint density at radius 3 is 1.48 bits per heavy atom. The minimum absolute atomic E-state index is 1.75. The lowest BCUT2D eigenvalue weighted by molar-refractivity contribution is -0.440. The van der Waals surface area contributed by atoms with Gasteiger partial charge in [-0.1, -0.05) is 0 Å². The fourth-order valence-corrected chi connectivity index (χ4v) is 0.657. The second-order valence-corrected chi connectivity index (χ2v) is 3.12. The van der Waals surface area contributed by atoms with E-state index in [2.05, 4.69) is 0 Å². The zero-order valence-electron chi connectivity index (χ0n) is 8.88. The van der Waals surface area contributed by atoms with Gasteiger partial charge in [-0.2, -0.15) is 43.9 Å². The van der Waals surface area contributed by atoms with Crippen LogP contribution in [0.5, 0.6) is 0 Å². The minimum atomic E-state index is -6.88. The quantitative estimate of drug-likeness (QED) is 0.721. The van der Waals surface area contributed by atoms with Crippen LogP contribution in [0.4, 0.5) is 48.3 Å². The second-order valence-electron chi connectivity index (χ2n) is 3.12. The highest BCUT2D eigenvalue weighted by atomic mass is 19.4. The van der Waals surface area contributed by atoms with Gasteiger partial charge in [0, 0.05) is 0 Å². The number of ether oxygens (including phenoxy) is 1. The van der Waals surface area contributed by atoms with Gasteiger partial charge in [-0.25, -0.2) is 9.13 Å². The van der Waals surface area contributed by atoms with Crippen LogP contribution in [0.3, 0.4) is 0 Å². The molecule has 0 fully saturated rings. The van der Waals surface area contributed by atoms with Crippen LogP contribution < -0.4 is 5.11 Å². The Hall–Kier alpha value is -1.60. The van der Waals surface area contributed by atoms with Gasteiger partial charge < -0.3 is 9.90 Å². The van der Waals surface area contributed by atoms with E-state index in [4.69, 9.17) is 0 Å². The summed E-state index contributed by atoms with van der Waals surface area (Å²) in [4.78, 5) is 9.56. The van der Waals surface area contributed by atoms with Crippen molar-refractivity contribution in [2.45, 2.75) is 24.3 Å². The van der Waals surface area contributed by atoms with Crippen LogP contribution in [0.1, 0.15) is 0 Å². The van der Waals surface area contributed by atoms with Crippen molar-refractivity contribution in [1.29, 1.82) is 0 Å². The van der Waals surface area contributed by atoms with Crippen LogP contribution in [0.2, 0.25) is 0 Å². The highest BCUT2D eigenvalue weighted by molar-refractivity contribution is 5.71. The molecule has 0 amide bonds. The summed E-state index contributed by atoms with van der Waals surface area (Å²) in [5.74, 6) is -19.5. The molecule has 124 valence electrons. The van der Waals surface area contributed by atoms with Crippen LogP contribution in [0, 0.1) is 0 Å². The van der Waals surface area contributed by atoms with E-state index in [1.54, 1.807) is 4.74 Å². The van der Waals surface area contributed by atoms with Gasteiger partial charge in [0.25, 0.3) is 0 Å². The van der Waals surface area contributed by atoms with Gasteiger partial charge in [0.1, 0.15) is 5.97 Å². The zero-order chi connectivity index (χ0) is 17.4. The Labute approximate surface area is 106 Å². The number of hydrogen-bond donors (Lipinski definition) is 0. The number of carboxylic acid groups (broad SMARTS) is 1. The molecule has 0 unspecified atom stereocenters. The fraction of sp³-hybridized carbons (Fsp3) is 0.571. The molecule has 0 aliphatic heterocycles. The first kappa shape index (κ1) is 19.4. The van der Waals surface area contributed by atoms with E-state index < -0.39 is 41.9 Å². The van der Waals surface area contributed by atoms with Crippen molar-refractivity contribution in [2.24, 2.45) is 0 Å². The third-order valence-corrected chi connectivity index (χ3v) is 1.58. The monoisotopic (exact) mass is 341 g/mol. The molecule has 21 heavy (non-hydrogen) atoms. The lowest BCUT2D eigenvalue weighted by atomic mass is 10.2. The van der Waals surface area contributed by atoms with Crippen molar-refractivity contribution in [3.05, 3.63) is 11.7 Å². The van der Waals surface area contributed by atoms with Crippen molar-refractivity contribution < 1.29 is 62.9 Å². The van der Waals surface area contributed by atoms with E-state index in [1.165, 1.54) is 0 Å². The summed E-state index contributed by atoms with van der Waals surface area (Å²) < 4.78 is 135. The van der Waals surface area contributed by atoms with Crippen LogP contribution in [0.15, 0.2) is 11.7 Å². The van der Waals surface area contributed by atoms with E-state index in [-0.39, 0.29) is 0 Å². The molecule has 0 saturated heterocycles. The first-order valence-electron chi connectivity index (χ1n) is 4.15. The molecule has 0 heterocycles. The lowest BCUT2D eigenvalue weighted by Gasteiger charge is -2.29. The number of carbonyl (C=O) groups is 1. The molecule has 0 aromatic carbocycles. The van der Waals surface area contributed by atoms with E-state index in [9.17, 15) is 58.2 Å². The molecule has 0 bridgehead atoms. The van der Waals surface area contributed by atoms with Crippen molar-refractivity contribution in [3.8, 4) is 0 Å². The third kappa shape index (κ3) is 3.95. The molecule has 0 aromatic heterocycles. The van der Waals surface area contributed by atoms with E-state index in [0.29, 0.717) is 0 Å². The van der Waals surface area contributed by atoms with Gasteiger partial charge in [0.2, 0.25) is 11.7 Å². The zero-order valence-corrected chi connectivity index (χ0v) is 8.88. The minimum Gasteiger partial charge on any atom is -0.542 e. The number of aliphatic carboxylic acids is 1. The summed E-state index contributed by atoms with van der Waals surface area (Å²) >= 11 is 0. The van der Waals surface area contributed by atoms with E-state index in [0.717, 1.165) is 0 Å². The summed E-state index contributed by atoms with van der Waals surface area (Å²) in [6.45, 7) is 0. The van der Waals surface area contributed by atoms with Crippen LogP contribution in [0.25, 0.3) is 0 Å². The van der Waals surface area contributed by atoms with Crippen molar-refractivity contribution >= 4 is 5.97 Å². The molecule has 0 aliphatic carbocycles. The first-order valence-corrected chi connectivity index (χ1v) is 4.15. The smallest absolute Gasteiger partial charge is 0.445 e. The Morgan fingerprint density at radius 2 is 1.19 bits per heavy atom. The Morgan fingerprint density at radius 1 is 0.810 bits per heavy atom. The largest absolute Gasteiger partial charge is 0.542 e. The van der Waals surface area contributed by atoms with Crippen LogP contribution in [-0.2, 0) is 9.53 Å². The highest BCUT2D eigenvalue weighted by Crippen LogP contribution is 2.47. The number of hydrogen-bond acceptors (Lipinski definition) is 3. The van der Waals surface area contributed by atoms with Crippen molar-refractivity contribution in [3.63, 3.8) is 0 Å². The second kappa shape index (κ2) is 5.31. The number of carbonyl (C=O) groups excluding carboxylic acids is 1. The number of allylic oxidation sites excluding steroid dienone is 1. The van der Waals surface area contributed by atoms with E-state index >= 15 is 0 Å². The van der Waals surface area contributed by atoms with Crippen molar-refractivity contribution in [2.75, 3.05) is 0 Å². The van der Waals surface area contributed by atoms with Gasteiger partial charge in [0.15, 0.2) is 0 Å². The fourth-order valence-electron chi connectivity index (χ4n) is 0.657. The van der Waals surface area contributed by atoms with Gasteiger partial charge in [0.05, 0.1) is 0 Å². The van der Waals surface area contributed by atoms with Crippen LogP contribution in [-0.4, -0.2) is 30.3 Å². The molecular formula is C7F11O3-. The Balaban J connectivity index is 5.75. The lowest BCUT2D eigenvalue weighted by Crippen LogP contribution is -2.53. The van der Waals surface area contributed by atoms with Gasteiger partial charge in [-0.3, -0.25) is 0 Å². The summed E-state index contributed by atoms with van der Waals surface area (Å²) in [5, 5.41) is 9.56. The van der Waals surface area contributed by atoms with Gasteiger partial charge in [-0.05, 0) is 0 Å². The molecule has 0 N–H and O–H groups in total. The summed E-state index contributed by atoms with van der Waals surface area (Å²) in [6, 6.07) is 0. The molecule has 0 radical (unpaired) electrons. The molecule has 0 rings (SSSR count). The first-order chi connectivity index (χ1) is 8.97. The molecule has 14 heteroatoms. The summed E-state index contributed by atoms with van der Waals surface area (Å²) in [7, 11) is 0. The molecule has 0 spiro atoms. The maximum absolute atomic E-state index is 12.6. The van der Waals surface area contributed by atoms with E-state index in [1.807, 2.05) is 0 Å². The highest BCUT2D eigenvalue weighted by Gasteiger charge is 2.67. The topological polar surface area (TPSA) is 49.4 Å². The standard InChI is InChI=1S/C7HF11O3/c8-1(2(9)5(12,13)14)4(10,11)7(17,18)21-6(15,16)3(19)20/h(H,19,20)/p-1/b2-1+. The Bertz CT molecular complexity index is 449. The number of alkyl halides is 9. The summed E-state index contributed by atoms with van der Waals surface area (Å²) in [5.41, 5.74) is 0. The molecular weight excluding hydrogens is 341 g/mol. The SMILES string of the molecule is O=C([O-])C(F)(F)OC(F)(F)C(F)(F)/C(F)=C(\F)C(F)(F)F. The molecule has 0 aliphatic rings. The van der Waals surface area contributed by atoms with Gasteiger partial charge in [-0.15, -0.1) is 0 Å². The average Bonchev–Trinajstić information content (AvgIpc) is 2.23. The summed E-state index contributed by atoms with van der Waals surface area (Å²) in [6.07, 6.45) is -19.4. The van der Waals surface area contributed by atoms with Crippen LogP contribution >= 0.6 is 0 Å². The Kier molecular flexibility index (Phi) is 4.90. The maximum atomic E-state index is 12.6. The molecule has 3 nitrogen and oxygen atoms in total. The average molecular weight is 341 g/mol. The number of halogens is 11. The molecule has 0 atom stereocenters. The molecule has 0 aromatic rings. The maximum Gasteiger partial charge on any atom is 0.445 e. The predicted molar refractivity (Wildman–Crippen MR) is 36.2 cm³/mol. The van der Waals surface area contributed by atoms with Gasteiger partial charge >= 0.3 is 24.3 Å². The predicted octanol–water partition coefficient (Wildman–Crippen LogP) is 2.29. The van der Waals surface area contributed by atoms with Crippen molar-refractivity contribution in [1.82, 2.24) is 0 Å².